The summed E-state index contributed by atoms with van der Waals surface area (Å²) in [5, 5.41) is 0. The van der Waals surface area contributed by atoms with Crippen molar-refractivity contribution in [1.82, 2.24) is 0 Å². The molecule has 0 aromatic heterocycles. The Hall–Kier alpha value is -3.80. The van der Waals surface area contributed by atoms with Gasteiger partial charge in [0.05, 0.1) is 20.8 Å². The number of hydrogen-bond acceptors (Lipinski definition) is 6. The first-order valence-electron chi connectivity index (χ1n) is 21.3. The average Bonchev–Trinajstić information content (AvgIpc) is 3.57. The summed E-state index contributed by atoms with van der Waals surface area (Å²) >= 11 is 0. The SMILES string of the molecule is C=C(C)[C@@H]1CC[C@]2(COC(=O)/C=C/c3ccc(OC)cc3)CC[C@]3(C)[C@H](CC[C@@H]4[C@@]5(C)CC[C@H](OC(=O)/C=C/c6ccc(OC)cc6)C(C)(C)[C@H]5CC[C@]43C)[C@H]12. The van der Waals surface area contributed by atoms with Crippen LogP contribution in [0.25, 0.3) is 12.2 Å². The lowest BCUT2D eigenvalue weighted by molar-refractivity contribution is -0.251. The van der Waals surface area contributed by atoms with Crippen LogP contribution in [0, 0.1) is 56.7 Å². The molecule has 6 nitrogen and oxygen atoms in total. The molecule has 2 aromatic carbocycles. The third kappa shape index (κ3) is 6.85. The zero-order valence-corrected chi connectivity index (χ0v) is 35.3. The van der Waals surface area contributed by atoms with Gasteiger partial charge in [0.2, 0.25) is 0 Å². The second kappa shape index (κ2) is 15.2. The molecular weight excluding hydrogens is 697 g/mol. The molecule has 5 aliphatic rings. The molecular formula is C50H66O6. The van der Waals surface area contributed by atoms with E-state index >= 15 is 0 Å². The van der Waals surface area contributed by atoms with E-state index in [1.807, 2.05) is 60.7 Å². The summed E-state index contributed by atoms with van der Waals surface area (Å²) in [5.74, 6) is 3.65. The van der Waals surface area contributed by atoms with E-state index in [4.69, 9.17) is 18.9 Å². The Morgan fingerprint density at radius 1 is 0.696 bits per heavy atom. The maximum absolute atomic E-state index is 13.2. The maximum atomic E-state index is 13.2. The first-order chi connectivity index (χ1) is 26.6. The molecule has 5 aliphatic carbocycles. The van der Waals surface area contributed by atoms with Crippen molar-refractivity contribution in [3.8, 4) is 11.5 Å². The highest BCUT2D eigenvalue weighted by Gasteiger charge is 2.71. The molecule has 2 aromatic rings. The summed E-state index contributed by atoms with van der Waals surface area (Å²) in [6.45, 7) is 19.9. The van der Waals surface area contributed by atoms with Gasteiger partial charge in [-0.1, -0.05) is 71.0 Å². The van der Waals surface area contributed by atoms with Gasteiger partial charge in [-0.2, -0.15) is 0 Å². The van der Waals surface area contributed by atoms with Gasteiger partial charge in [0, 0.05) is 23.0 Å². The van der Waals surface area contributed by atoms with E-state index in [2.05, 4.69) is 48.1 Å². The zero-order chi connectivity index (χ0) is 40.1. The molecule has 10 atom stereocenters. The van der Waals surface area contributed by atoms with Crippen LogP contribution in [0.15, 0.2) is 72.8 Å². The number of methoxy groups -OCH3 is 2. The third-order valence-electron chi connectivity index (χ3n) is 17.0. The summed E-state index contributed by atoms with van der Waals surface area (Å²) in [6, 6.07) is 15.4. The van der Waals surface area contributed by atoms with Gasteiger partial charge in [-0.05, 0) is 165 Å². The molecule has 7 rings (SSSR count). The van der Waals surface area contributed by atoms with Crippen LogP contribution in [-0.4, -0.2) is 38.9 Å². The van der Waals surface area contributed by atoms with Crippen molar-refractivity contribution in [3.63, 3.8) is 0 Å². The van der Waals surface area contributed by atoms with E-state index in [0.717, 1.165) is 61.2 Å². The molecule has 5 saturated carbocycles. The van der Waals surface area contributed by atoms with Crippen molar-refractivity contribution in [2.45, 2.75) is 112 Å². The van der Waals surface area contributed by atoms with Gasteiger partial charge >= 0.3 is 11.9 Å². The lowest BCUT2D eigenvalue weighted by atomic mass is 9.32. The van der Waals surface area contributed by atoms with Crippen molar-refractivity contribution < 1.29 is 28.5 Å². The van der Waals surface area contributed by atoms with Crippen LogP contribution in [0.2, 0.25) is 0 Å². The second-order valence-electron chi connectivity index (χ2n) is 19.7. The van der Waals surface area contributed by atoms with Crippen molar-refractivity contribution in [2.75, 3.05) is 20.8 Å². The minimum Gasteiger partial charge on any atom is -0.497 e. The first-order valence-corrected chi connectivity index (χ1v) is 21.3. The molecule has 5 fully saturated rings. The van der Waals surface area contributed by atoms with Crippen LogP contribution in [0.5, 0.6) is 11.5 Å². The van der Waals surface area contributed by atoms with E-state index in [0.29, 0.717) is 36.2 Å². The highest BCUT2D eigenvalue weighted by Crippen LogP contribution is 2.77. The maximum Gasteiger partial charge on any atom is 0.331 e. The summed E-state index contributed by atoms with van der Waals surface area (Å²) in [5.41, 5.74) is 3.62. The van der Waals surface area contributed by atoms with E-state index < -0.39 is 0 Å². The molecule has 56 heavy (non-hydrogen) atoms. The fraction of sp³-hybridized carbons (Fsp3) is 0.600. The predicted octanol–water partition coefficient (Wildman–Crippen LogP) is 11.5. The second-order valence-corrected chi connectivity index (χ2v) is 19.7. The highest BCUT2D eigenvalue weighted by molar-refractivity contribution is 5.87. The number of carbonyl (C=O) groups is 2. The molecule has 0 radical (unpaired) electrons. The minimum atomic E-state index is -0.264. The topological polar surface area (TPSA) is 71.1 Å². The molecule has 302 valence electrons. The molecule has 0 N–H and O–H groups in total. The molecule has 6 heteroatoms. The first kappa shape index (κ1) is 40.4. The zero-order valence-electron chi connectivity index (χ0n) is 35.3. The molecule has 0 aliphatic heterocycles. The normalized spacial score (nSPS) is 37.1. The summed E-state index contributed by atoms with van der Waals surface area (Å²) in [4.78, 5) is 26.4. The number of allylic oxidation sites excluding steroid dienone is 1. The van der Waals surface area contributed by atoms with Crippen molar-refractivity contribution in [1.29, 1.82) is 0 Å². The Morgan fingerprint density at radius 3 is 1.89 bits per heavy atom. The van der Waals surface area contributed by atoms with Gasteiger partial charge < -0.3 is 18.9 Å². The number of carbonyl (C=O) groups excluding carboxylic acids is 2. The predicted molar refractivity (Wildman–Crippen MR) is 224 cm³/mol. The average molecular weight is 763 g/mol. The summed E-state index contributed by atoms with van der Waals surface area (Å²) < 4.78 is 23.1. The lowest BCUT2D eigenvalue weighted by Gasteiger charge is -2.73. The fourth-order valence-corrected chi connectivity index (χ4v) is 13.9. The van der Waals surface area contributed by atoms with Crippen LogP contribution in [0.1, 0.15) is 117 Å². The molecule has 0 unspecified atom stereocenters. The molecule has 0 heterocycles. The Morgan fingerprint density at radius 2 is 1.30 bits per heavy atom. The molecule has 0 saturated heterocycles. The van der Waals surface area contributed by atoms with Gasteiger partial charge in [-0.25, -0.2) is 9.59 Å². The number of hydrogen-bond donors (Lipinski definition) is 0. The summed E-state index contributed by atoms with van der Waals surface area (Å²) in [7, 11) is 3.31. The van der Waals surface area contributed by atoms with Gasteiger partial charge in [-0.3, -0.25) is 0 Å². The molecule has 0 amide bonds. The quantitative estimate of drug-likeness (QED) is 0.136. The Bertz CT molecular complexity index is 1840. The van der Waals surface area contributed by atoms with Crippen LogP contribution in [0.3, 0.4) is 0 Å². The lowest BCUT2D eigenvalue weighted by Crippen LogP contribution is -2.67. The van der Waals surface area contributed by atoms with Gasteiger partial charge in [0.1, 0.15) is 17.6 Å². The van der Waals surface area contributed by atoms with Crippen molar-refractivity contribution >= 4 is 24.1 Å². The number of rotatable bonds is 10. The van der Waals surface area contributed by atoms with Crippen LogP contribution < -0.4 is 9.47 Å². The number of benzene rings is 2. The number of esters is 2. The minimum absolute atomic E-state index is 0.00649. The Balaban J connectivity index is 1.06. The highest BCUT2D eigenvalue weighted by atomic mass is 16.5. The van der Waals surface area contributed by atoms with Crippen molar-refractivity contribution in [2.24, 2.45) is 56.7 Å². The van der Waals surface area contributed by atoms with Crippen LogP contribution in [0.4, 0.5) is 0 Å². The van der Waals surface area contributed by atoms with E-state index in [-0.39, 0.29) is 45.1 Å². The van der Waals surface area contributed by atoms with E-state index in [1.54, 1.807) is 26.4 Å². The molecule has 0 spiro atoms. The number of ether oxygens (including phenoxy) is 4. The molecule has 0 bridgehead atoms. The van der Waals surface area contributed by atoms with E-state index in [1.165, 1.54) is 31.3 Å². The van der Waals surface area contributed by atoms with Gasteiger partial charge in [-0.15, -0.1) is 0 Å². The van der Waals surface area contributed by atoms with Gasteiger partial charge in [0.25, 0.3) is 0 Å². The fourth-order valence-electron chi connectivity index (χ4n) is 13.9. The number of fused-ring (bicyclic) bond motifs is 7. The monoisotopic (exact) mass is 762 g/mol. The smallest absolute Gasteiger partial charge is 0.331 e. The largest absolute Gasteiger partial charge is 0.497 e. The van der Waals surface area contributed by atoms with E-state index in [9.17, 15) is 9.59 Å². The third-order valence-corrected chi connectivity index (χ3v) is 17.0. The standard InChI is InChI=1S/C50H66O6/c1-33(2)38-24-29-50(32-55-43(51)22-14-34-10-16-36(53-8)17-11-34)31-30-48(6)39(45(38)50)20-21-41-47(5)27-26-42(46(3,4)40(47)25-28-49(41,48)7)56-44(52)23-15-35-12-18-37(54-9)19-13-35/h10-19,22-23,38-42,45H,1,20-21,24-32H2,2-9H3/b22-14+,23-15+/t38-,39+,40+,41+,42-,45-,47-,48+,49+,50+/m0/s1. The van der Waals surface area contributed by atoms with Crippen molar-refractivity contribution in [3.05, 3.63) is 84.0 Å². The Labute approximate surface area is 336 Å². The Kier molecular flexibility index (Phi) is 10.9. The van der Waals surface area contributed by atoms with Gasteiger partial charge in [0.15, 0.2) is 0 Å². The van der Waals surface area contributed by atoms with Crippen LogP contribution in [-0.2, 0) is 19.1 Å². The van der Waals surface area contributed by atoms with Crippen LogP contribution >= 0.6 is 0 Å². The summed E-state index contributed by atoms with van der Waals surface area (Å²) in [6.07, 6.45) is 18.0.